The van der Waals surface area contributed by atoms with Crippen LogP contribution in [0.5, 0.6) is 0 Å². The van der Waals surface area contributed by atoms with E-state index in [1.165, 1.54) is 13.0 Å². The molecule has 13 heavy (non-hydrogen) atoms. The minimum absolute atomic E-state index is 0.118. The first-order valence-corrected chi connectivity index (χ1v) is 4.59. The van der Waals surface area contributed by atoms with E-state index in [0.717, 1.165) is 16.2 Å². The minimum Gasteiger partial charge on any atom is -0.512 e. The zero-order valence-corrected chi connectivity index (χ0v) is 8.22. The second-order valence-electron chi connectivity index (χ2n) is 2.47. The van der Waals surface area contributed by atoms with Gasteiger partial charge in [0.15, 0.2) is 5.76 Å². The molecule has 1 aromatic rings. The number of rotatable bonds is 2. The van der Waals surface area contributed by atoms with Crippen molar-refractivity contribution in [2.75, 3.05) is 0 Å². The quantitative estimate of drug-likeness (QED) is 0.743. The molecule has 4 heteroatoms. The van der Waals surface area contributed by atoms with Gasteiger partial charge in [0.25, 0.3) is 0 Å². The van der Waals surface area contributed by atoms with Crippen LogP contribution >= 0.6 is 11.3 Å². The summed E-state index contributed by atoms with van der Waals surface area (Å²) in [4.78, 5) is 11.2. The van der Waals surface area contributed by atoms with Crippen LogP contribution in [0.3, 0.4) is 0 Å². The molecule has 0 amide bonds. The van der Waals surface area contributed by atoms with Crippen molar-refractivity contribution in [3.05, 3.63) is 32.2 Å². The second-order valence-corrected chi connectivity index (χ2v) is 3.45. The Kier molecular flexibility index (Phi) is 3.08. The molecule has 1 N–H and O–H groups in total. The van der Waals surface area contributed by atoms with Gasteiger partial charge >= 0.3 is 4.94 Å². The molecule has 0 aromatic carbocycles. The van der Waals surface area contributed by atoms with Gasteiger partial charge in [0.2, 0.25) is 0 Å². The van der Waals surface area contributed by atoms with E-state index in [9.17, 15) is 4.79 Å². The molecule has 0 radical (unpaired) electrons. The number of allylic oxidation sites excluding steroid dienone is 2. The maximum atomic E-state index is 10.9. The fourth-order valence-electron chi connectivity index (χ4n) is 0.859. The van der Waals surface area contributed by atoms with Crippen molar-refractivity contribution in [1.82, 2.24) is 0 Å². The Hall–Kier alpha value is -1.29. The van der Waals surface area contributed by atoms with Crippen LogP contribution in [0.15, 0.2) is 21.0 Å². The van der Waals surface area contributed by atoms with Crippen molar-refractivity contribution in [3.63, 3.8) is 0 Å². The molecule has 0 aliphatic heterocycles. The Morgan fingerprint density at radius 2 is 2.31 bits per heavy atom. The Balaban J connectivity index is 3.19. The summed E-state index contributed by atoms with van der Waals surface area (Å²) in [5.41, 5.74) is 0. The third-order valence-electron chi connectivity index (χ3n) is 1.29. The minimum atomic E-state index is -0.361. The summed E-state index contributed by atoms with van der Waals surface area (Å²) in [6.07, 6.45) is 5.00. The summed E-state index contributed by atoms with van der Waals surface area (Å²) in [7, 11) is 0. The number of aliphatic hydroxyl groups is 1. The van der Waals surface area contributed by atoms with E-state index in [2.05, 4.69) is 0 Å². The molecule has 0 bridgehead atoms. The Morgan fingerprint density at radius 1 is 1.62 bits per heavy atom. The lowest BCUT2D eigenvalue weighted by Gasteiger charge is -1.88. The monoisotopic (exact) mass is 198 g/mol. The molecule has 3 nitrogen and oxygen atoms in total. The summed E-state index contributed by atoms with van der Waals surface area (Å²) >= 11 is 1.02. The highest BCUT2D eigenvalue weighted by Gasteiger charge is 2.05. The SMILES string of the molecule is C/C=C\c1sc(=O)oc1/C=C(\C)O. The third-order valence-corrected chi connectivity index (χ3v) is 2.09. The normalized spacial score (nSPS) is 12.6. The van der Waals surface area contributed by atoms with E-state index >= 15 is 0 Å². The zero-order valence-electron chi connectivity index (χ0n) is 7.40. The second kappa shape index (κ2) is 4.09. The van der Waals surface area contributed by atoms with Crippen LogP contribution in [0.4, 0.5) is 0 Å². The molecule has 0 unspecified atom stereocenters. The Bertz CT molecular complexity index is 391. The van der Waals surface area contributed by atoms with Crippen molar-refractivity contribution in [2.24, 2.45) is 0 Å². The molecule has 0 atom stereocenters. The zero-order chi connectivity index (χ0) is 9.84. The first-order valence-electron chi connectivity index (χ1n) is 3.77. The standard InChI is InChI=1S/C9H10O3S/c1-3-4-8-7(5-6(2)10)12-9(11)13-8/h3-5,10H,1-2H3/b4-3-,6-5+. The average molecular weight is 198 g/mol. The third kappa shape index (κ3) is 2.59. The number of aliphatic hydroxyl groups excluding tert-OH is 1. The molecule has 0 saturated heterocycles. The van der Waals surface area contributed by atoms with Gasteiger partial charge in [-0.1, -0.05) is 17.4 Å². The van der Waals surface area contributed by atoms with Gasteiger partial charge in [-0.3, -0.25) is 0 Å². The lowest BCUT2D eigenvalue weighted by molar-refractivity contribution is 0.417. The molecule has 0 spiro atoms. The summed E-state index contributed by atoms with van der Waals surface area (Å²) in [6, 6.07) is 0. The molecule has 70 valence electrons. The highest BCUT2D eigenvalue weighted by molar-refractivity contribution is 7.10. The Morgan fingerprint density at radius 3 is 2.85 bits per heavy atom. The van der Waals surface area contributed by atoms with E-state index in [-0.39, 0.29) is 10.7 Å². The van der Waals surface area contributed by atoms with Gasteiger partial charge in [0.1, 0.15) is 0 Å². The highest BCUT2D eigenvalue weighted by Crippen LogP contribution is 2.16. The fourth-order valence-corrected chi connectivity index (χ4v) is 1.58. The predicted octanol–water partition coefficient (Wildman–Crippen LogP) is 2.65. The molecular weight excluding hydrogens is 188 g/mol. The molecule has 0 aliphatic rings. The molecule has 1 heterocycles. The molecule has 0 fully saturated rings. The summed E-state index contributed by atoms with van der Waals surface area (Å²) < 4.78 is 4.85. The van der Waals surface area contributed by atoms with E-state index in [1.54, 1.807) is 6.08 Å². The van der Waals surface area contributed by atoms with Crippen LogP contribution < -0.4 is 4.94 Å². The molecule has 0 aliphatic carbocycles. The van der Waals surface area contributed by atoms with E-state index in [0.29, 0.717) is 5.76 Å². The largest absolute Gasteiger partial charge is 0.512 e. The maximum Gasteiger partial charge on any atom is 0.396 e. The average Bonchev–Trinajstić information content (AvgIpc) is 2.31. The van der Waals surface area contributed by atoms with Crippen LogP contribution in [-0.4, -0.2) is 5.11 Å². The topological polar surface area (TPSA) is 50.4 Å². The van der Waals surface area contributed by atoms with Crippen molar-refractivity contribution in [2.45, 2.75) is 13.8 Å². The molecule has 0 saturated carbocycles. The van der Waals surface area contributed by atoms with Gasteiger partial charge in [-0.25, -0.2) is 4.79 Å². The van der Waals surface area contributed by atoms with Gasteiger partial charge < -0.3 is 9.52 Å². The summed E-state index contributed by atoms with van der Waals surface area (Å²) in [6.45, 7) is 3.38. The van der Waals surface area contributed by atoms with Crippen molar-refractivity contribution >= 4 is 23.5 Å². The maximum absolute atomic E-state index is 10.9. The van der Waals surface area contributed by atoms with E-state index in [1.807, 2.05) is 13.0 Å². The molecule has 1 rings (SSSR count). The van der Waals surface area contributed by atoms with Crippen LogP contribution in [0.1, 0.15) is 24.5 Å². The van der Waals surface area contributed by atoms with Gasteiger partial charge in [-0.2, -0.15) is 0 Å². The summed E-state index contributed by atoms with van der Waals surface area (Å²) in [5.74, 6) is 0.528. The van der Waals surface area contributed by atoms with Gasteiger partial charge in [0, 0.05) is 6.08 Å². The summed E-state index contributed by atoms with van der Waals surface area (Å²) in [5, 5.41) is 8.99. The van der Waals surface area contributed by atoms with Crippen LogP contribution in [0.25, 0.3) is 12.2 Å². The fraction of sp³-hybridized carbons (Fsp3) is 0.222. The van der Waals surface area contributed by atoms with Crippen molar-refractivity contribution in [3.8, 4) is 0 Å². The first-order chi connectivity index (χ1) is 6.13. The first kappa shape index (κ1) is 9.80. The Labute approximate surface area is 79.6 Å². The van der Waals surface area contributed by atoms with Crippen LogP contribution in [0, 0.1) is 0 Å². The van der Waals surface area contributed by atoms with Crippen LogP contribution in [-0.2, 0) is 0 Å². The van der Waals surface area contributed by atoms with Crippen molar-refractivity contribution in [1.29, 1.82) is 0 Å². The van der Waals surface area contributed by atoms with Gasteiger partial charge in [0.05, 0.1) is 10.6 Å². The molecule has 1 aromatic heterocycles. The smallest absolute Gasteiger partial charge is 0.396 e. The van der Waals surface area contributed by atoms with Gasteiger partial charge in [-0.15, -0.1) is 0 Å². The van der Waals surface area contributed by atoms with Crippen molar-refractivity contribution < 1.29 is 9.52 Å². The lowest BCUT2D eigenvalue weighted by Crippen LogP contribution is -1.81. The lowest BCUT2D eigenvalue weighted by atomic mass is 10.3. The highest BCUT2D eigenvalue weighted by atomic mass is 32.1. The van der Waals surface area contributed by atoms with Gasteiger partial charge in [-0.05, 0) is 19.9 Å². The number of hydrogen-bond acceptors (Lipinski definition) is 4. The predicted molar refractivity (Wildman–Crippen MR) is 53.8 cm³/mol. The number of hydrogen-bond donors (Lipinski definition) is 1. The van der Waals surface area contributed by atoms with E-state index in [4.69, 9.17) is 9.52 Å². The van der Waals surface area contributed by atoms with E-state index < -0.39 is 0 Å². The van der Waals surface area contributed by atoms with Crippen LogP contribution in [0.2, 0.25) is 0 Å². The molecular formula is C9H10O3S.